The van der Waals surface area contributed by atoms with Gasteiger partial charge in [0.05, 0.1) is 17.1 Å². The summed E-state index contributed by atoms with van der Waals surface area (Å²) in [6, 6.07) is 7.87. The molecule has 1 atom stereocenters. The second-order valence-corrected chi connectivity index (χ2v) is 7.82. The molecule has 0 aliphatic rings. The highest BCUT2D eigenvalue weighted by molar-refractivity contribution is 8.00. The number of nitrogens with one attached hydrogen (secondary N) is 1. The minimum absolute atomic E-state index is 0.0568. The summed E-state index contributed by atoms with van der Waals surface area (Å²) in [6.45, 7) is 10.5. The first kappa shape index (κ1) is 19.2. The van der Waals surface area contributed by atoms with Crippen molar-refractivity contribution >= 4 is 23.4 Å². The van der Waals surface area contributed by atoms with Crippen LogP contribution in [0.25, 0.3) is 11.4 Å². The fourth-order valence-electron chi connectivity index (χ4n) is 2.88. The number of carbonyl (C=O) groups is 1. The zero-order valence-electron chi connectivity index (χ0n) is 16.2. The van der Waals surface area contributed by atoms with E-state index in [1.807, 2.05) is 57.4 Å². The first-order valence-corrected chi connectivity index (χ1v) is 9.81. The van der Waals surface area contributed by atoms with Crippen molar-refractivity contribution in [2.75, 3.05) is 5.32 Å². The number of nitrogens with zero attached hydrogens (tertiary/aromatic N) is 3. The molecule has 142 valence electrons. The monoisotopic (exact) mass is 384 g/mol. The van der Waals surface area contributed by atoms with Crippen LogP contribution in [-0.2, 0) is 11.3 Å². The van der Waals surface area contributed by atoms with E-state index in [0.717, 1.165) is 33.6 Å². The molecule has 0 saturated heterocycles. The molecule has 0 radical (unpaired) electrons. The van der Waals surface area contributed by atoms with Crippen LogP contribution >= 0.6 is 11.8 Å². The first-order valence-electron chi connectivity index (χ1n) is 8.93. The van der Waals surface area contributed by atoms with E-state index in [0.29, 0.717) is 6.54 Å². The van der Waals surface area contributed by atoms with Gasteiger partial charge in [0.2, 0.25) is 5.91 Å². The molecule has 1 N–H and O–H groups in total. The molecule has 0 bridgehead atoms. The molecule has 1 aromatic carbocycles. The van der Waals surface area contributed by atoms with E-state index in [1.54, 1.807) is 6.26 Å². The van der Waals surface area contributed by atoms with Crippen LogP contribution in [0.15, 0.2) is 40.1 Å². The van der Waals surface area contributed by atoms with Gasteiger partial charge in [0.25, 0.3) is 0 Å². The van der Waals surface area contributed by atoms with Gasteiger partial charge in [-0.15, -0.1) is 10.2 Å². The maximum Gasteiger partial charge on any atom is 0.237 e. The van der Waals surface area contributed by atoms with Gasteiger partial charge in [0.15, 0.2) is 11.0 Å². The first-order chi connectivity index (χ1) is 12.9. The third-order valence-corrected chi connectivity index (χ3v) is 5.50. The number of furan rings is 1. The summed E-state index contributed by atoms with van der Waals surface area (Å²) in [5.41, 5.74) is 3.98. The average molecular weight is 385 g/mol. The van der Waals surface area contributed by atoms with Crippen LogP contribution in [-0.4, -0.2) is 25.9 Å². The molecule has 27 heavy (non-hydrogen) atoms. The number of aryl methyl sites for hydroxylation is 3. The molecule has 0 fully saturated rings. The Morgan fingerprint density at radius 1 is 1.26 bits per heavy atom. The van der Waals surface area contributed by atoms with Crippen molar-refractivity contribution in [1.29, 1.82) is 0 Å². The molecule has 1 amide bonds. The summed E-state index contributed by atoms with van der Waals surface area (Å²) >= 11 is 1.40. The minimum atomic E-state index is -0.307. The predicted molar refractivity (Wildman–Crippen MR) is 108 cm³/mol. The molecule has 3 aromatic rings. The Balaban J connectivity index is 1.76. The molecule has 2 heterocycles. The third-order valence-electron chi connectivity index (χ3n) is 4.42. The van der Waals surface area contributed by atoms with E-state index >= 15 is 0 Å². The van der Waals surface area contributed by atoms with Gasteiger partial charge in [-0.1, -0.05) is 29.5 Å². The number of thioether (sulfide) groups is 1. The number of aromatic nitrogens is 3. The summed E-state index contributed by atoms with van der Waals surface area (Å²) in [5, 5.41) is 12.0. The fourth-order valence-corrected chi connectivity index (χ4v) is 3.79. The van der Waals surface area contributed by atoms with Gasteiger partial charge in [-0.05, 0) is 52.3 Å². The number of hydrogen-bond donors (Lipinski definition) is 1. The lowest BCUT2D eigenvalue weighted by Gasteiger charge is -2.14. The lowest BCUT2D eigenvalue weighted by molar-refractivity contribution is -0.115. The number of anilines is 1. The second kappa shape index (κ2) is 8.00. The van der Waals surface area contributed by atoms with E-state index in [4.69, 9.17) is 4.42 Å². The largest absolute Gasteiger partial charge is 0.469 e. The topological polar surface area (TPSA) is 73.0 Å². The average Bonchev–Trinajstić information content (AvgIpc) is 3.22. The number of rotatable bonds is 6. The fraction of sp³-hybridized carbons (Fsp3) is 0.350. The molecule has 0 aliphatic carbocycles. The highest BCUT2D eigenvalue weighted by Gasteiger charge is 2.22. The molecule has 0 spiro atoms. The Kier molecular flexibility index (Phi) is 5.70. The van der Waals surface area contributed by atoms with Crippen molar-refractivity contribution in [3.05, 3.63) is 47.4 Å². The van der Waals surface area contributed by atoms with Gasteiger partial charge in [0.1, 0.15) is 5.76 Å². The van der Waals surface area contributed by atoms with Gasteiger partial charge in [-0.25, -0.2) is 0 Å². The molecular weight excluding hydrogens is 360 g/mol. The van der Waals surface area contributed by atoms with Crippen LogP contribution in [0.5, 0.6) is 0 Å². The van der Waals surface area contributed by atoms with Crippen LogP contribution in [0.2, 0.25) is 0 Å². The number of carbonyl (C=O) groups excluding carboxylic acids is 1. The number of hydrogen-bond acceptors (Lipinski definition) is 5. The van der Waals surface area contributed by atoms with Crippen molar-refractivity contribution in [3.8, 4) is 11.4 Å². The van der Waals surface area contributed by atoms with Gasteiger partial charge in [0, 0.05) is 12.2 Å². The van der Waals surface area contributed by atoms with Crippen LogP contribution in [0.4, 0.5) is 5.69 Å². The van der Waals surface area contributed by atoms with Crippen molar-refractivity contribution in [2.45, 2.75) is 51.6 Å². The molecule has 7 heteroatoms. The van der Waals surface area contributed by atoms with E-state index in [9.17, 15) is 4.79 Å². The third kappa shape index (κ3) is 4.08. The van der Waals surface area contributed by atoms with Crippen molar-refractivity contribution in [3.63, 3.8) is 0 Å². The van der Waals surface area contributed by atoms with E-state index in [-0.39, 0.29) is 11.2 Å². The quantitative estimate of drug-likeness (QED) is 0.629. The Morgan fingerprint density at radius 3 is 2.67 bits per heavy atom. The lowest BCUT2D eigenvalue weighted by Crippen LogP contribution is -2.23. The second-order valence-electron chi connectivity index (χ2n) is 6.51. The Bertz CT molecular complexity index is 961. The van der Waals surface area contributed by atoms with E-state index < -0.39 is 0 Å². The molecule has 2 aromatic heterocycles. The van der Waals surface area contributed by atoms with Gasteiger partial charge in [-0.2, -0.15) is 0 Å². The highest BCUT2D eigenvalue weighted by atomic mass is 32.2. The summed E-state index contributed by atoms with van der Waals surface area (Å²) in [7, 11) is 0. The molecule has 3 rings (SSSR count). The standard InChI is InChI=1S/C20H24N4O2S/c1-6-24-18(16-9-10-26-14(16)4)22-23-20(24)27-15(5)19(25)21-17-8-7-12(2)11-13(17)3/h7-11,15H,6H2,1-5H3,(H,21,25)/t15-/m0/s1. The maximum absolute atomic E-state index is 12.6. The van der Waals surface area contributed by atoms with E-state index in [1.165, 1.54) is 17.3 Å². The zero-order valence-corrected chi connectivity index (χ0v) is 17.1. The zero-order chi connectivity index (χ0) is 19.6. The summed E-state index contributed by atoms with van der Waals surface area (Å²) in [4.78, 5) is 12.6. The van der Waals surface area contributed by atoms with Crippen molar-refractivity contribution in [2.24, 2.45) is 0 Å². The molecular formula is C20H24N4O2S. The normalized spacial score (nSPS) is 12.2. The van der Waals surface area contributed by atoms with Gasteiger partial charge in [-0.3, -0.25) is 4.79 Å². The maximum atomic E-state index is 12.6. The molecule has 0 saturated carbocycles. The summed E-state index contributed by atoms with van der Waals surface area (Å²) in [6.07, 6.45) is 1.64. The summed E-state index contributed by atoms with van der Waals surface area (Å²) < 4.78 is 7.38. The highest BCUT2D eigenvalue weighted by Crippen LogP contribution is 2.29. The summed E-state index contributed by atoms with van der Waals surface area (Å²) in [5.74, 6) is 1.50. The van der Waals surface area contributed by atoms with Crippen LogP contribution in [0, 0.1) is 20.8 Å². The molecule has 0 aliphatic heterocycles. The Hall–Kier alpha value is -2.54. The SMILES string of the molecule is CCn1c(S[C@@H](C)C(=O)Nc2ccc(C)cc2C)nnc1-c1ccoc1C. The lowest BCUT2D eigenvalue weighted by atomic mass is 10.1. The van der Waals surface area contributed by atoms with Crippen LogP contribution in [0.1, 0.15) is 30.7 Å². The number of benzene rings is 1. The van der Waals surface area contributed by atoms with Gasteiger partial charge >= 0.3 is 0 Å². The van der Waals surface area contributed by atoms with Crippen LogP contribution < -0.4 is 5.32 Å². The minimum Gasteiger partial charge on any atom is -0.469 e. The van der Waals surface area contributed by atoms with Crippen LogP contribution in [0.3, 0.4) is 0 Å². The Morgan fingerprint density at radius 2 is 2.04 bits per heavy atom. The molecule has 6 nitrogen and oxygen atoms in total. The Labute approximate surface area is 163 Å². The molecule has 0 unspecified atom stereocenters. The van der Waals surface area contributed by atoms with E-state index in [2.05, 4.69) is 21.6 Å². The van der Waals surface area contributed by atoms with Crippen molar-refractivity contribution < 1.29 is 9.21 Å². The van der Waals surface area contributed by atoms with Gasteiger partial charge < -0.3 is 14.3 Å². The predicted octanol–water partition coefficient (Wildman–Crippen LogP) is 4.60. The van der Waals surface area contributed by atoms with Crippen molar-refractivity contribution in [1.82, 2.24) is 14.8 Å². The number of amides is 1. The smallest absolute Gasteiger partial charge is 0.237 e.